The Balaban J connectivity index is 1.65. The standard InChI is InChI=1S/C27H24F3N5O/c1-26(2,3)19-9-11-21(12-10-19)35(27(28,29)30)25(36)18-6-4-7-20(16-18)34-24-22(8-5-14-32-24)23-13-15-31-17-33-23/h4-17H,1-3H3,(H,32,34). The van der Waals surface area contributed by atoms with E-state index in [2.05, 4.69) is 20.3 Å². The smallest absolute Gasteiger partial charge is 0.340 e. The van der Waals surface area contributed by atoms with Crippen molar-refractivity contribution in [3.8, 4) is 11.3 Å². The van der Waals surface area contributed by atoms with E-state index in [0.29, 0.717) is 22.8 Å². The number of nitrogens with one attached hydrogen (secondary N) is 1. The number of benzene rings is 2. The van der Waals surface area contributed by atoms with Gasteiger partial charge in [-0.2, -0.15) is 0 Å². The minimum Gasteiger partial charge on any atom is -0.340 e. The van der Waals surface area contributed by atoms with Gasteiger partial charge in [0.2, 0.25) is 0 Å². The number of pyridine rings is 1. The van der Waals surface area contributed by atoms with Crippen molar-refractivity contribution in [1.82, 2.24) is 15.0 Å². The third-order valence-electron chi connectivity index (χ3n) is 5.49. The SMILES string of the molecule is CC(C)(C)c1ccc(N(C(=O)c2cccc(Nc3ncccc3-c3ccncn3)c2)C(F)(F)F)cc1. The van der Waals surface area contributed by atoms with Crippen molar-refractivity contribution >= 4 is 23.1 Å². The highest BCUT2D eigenvalue weighted by molar-refractivity contribution is 6.07. The molecule has 0 saturated carbocycles. The fourth-order valence-corrected chi connectivity index (χ4v) is 3.65. The van der Waals surface area contributed by atoms with Crippen molar-refractivity contribution < 1.29 is 18.0 Å². The predicted molar refractivity (Wildman–Crippen MR) is 133 cm³/mol. The van der Waals surface area contributed by atoms with Gasteiger partial charge in [0.15, 0.2) is 0 Å². The van der Waals surface area contributed by atoms with Crippen LogP contribution >= 0.6 is 0 Å². The van der Waals surface area contributed by atoms with Crippen molar-refractivity contribution in [2.45, 2.75) is 32.5 Å². The molecule has 1 amide bonds. The van der Waals surface area contributed by atoms with Gasteiger partial charge in [-0.05, 0) is 59.5 Å². The maximum absolute atomic E-state index is 14.0. The zero-order valence-electron chi connectivity index (χ0n) is 19.9. The minimum absolute atomic E-state index is 0.128. The van der Waals surface area contributed by atoms with Gasteiger partial charge in [-0.25, -0.2) is 19.9 Å². The highest BCUT2D eigenvalue weighted by Crippen LogP contribution is 2.33. The number of halogens is 3. The van der Waals surface area contributed by atoms with Gasteiger partial charge in [-0.3, -0.25) is 4.79 Å². The summed E-state index contributed by atoms with van der Waals surface area (Å²) >= 11 is 0. The molecule has 2 heterocycles. The van der Waals surface area contributed by atoms with Crippen LogP contribution < -0.4 is 10.2 Å². The van der Waals surface area contributed by atoms with Crippen LogP contribution in [0.1, 0.15) is 36.7 Å². The van der Waals surface area contributed by atoms with Gasteiger partial charge < -0.3 is 5.32 Å². The molecule has 0 bridgehead atoms. The van der Waals surface area contributed by atoms with E-state index in [1.807, 2.05) is 20.8 Å². The molecule has 0 aliphatic rings. The second-order valence-corrected chi connectivity index (χ2v) is 9.11. The number of rotatable bonds is 5. The van der Waals surface area contributed by atoms with Crippen molar-refractivity contribution in [2.75, 3.05) is 10.2 Å². The van der Waals surface area contributed by atoms with E-state index in [1.54, 1.807) is 48.8 Å². The van der Waals surface area contributed by atoms with Crippen LogP contribution in [0.15, 0.2) is 85.5 Å². The molecular formula is C27H24F3N5O. The molecule has 0 saturated heterocycles. The van der Waals surface area contributed by atoms with E-state index in [9.17, 15) is 18.0 Å². The largest absolute Gasteiger partial charge is 0.491 e. The number of nitrogens with zero attached hydrogens (tertiary/aromatic N) is 4. The lowest BCUT2D eigenvalue weighted by atomic mass is 9.87. The van der Waals surface area contributed by atoms with Crippen LogP contribution in [0.3, 0.4) is 0 Å². The molecule has 0 aliphatic heterocycles. The Labute approximate surface area is 206 Å². The average molecular weight is 492 g/mol. The molecule has 9 heteroatoms. The normalized spacial score (nSPS) is 11.7. The zero-order chi connectivity index (χ0) is 25.9. The molecule has 1 N–H and O–H groups in total. The molecule has 184 valence electrons. The maximum Gasteiger partial charge on any atom is 0.491 e. The molecular weight excluding hydrogens is 467 g/mol. The summed E-state index contributed by atoms with van der Waals surface area (Å²) < 4.78 is 42.1. The Hall–Kier alpha value is -4.27. The highest BCUT2D eigenvalue weighted by Gasteiger charge is 2.42. The van der Waals surface area contributed by atoms with Crippen LogP contribution in [-0.4, -0.2) is 27.2 Å². The fraction of sp³-hybridized carbons (Fsp3) is 0.185. The number of carbonyl (C=O) groups is 1. The van der Waals surface area contributed by atoms with Crippen LogP contribution in [0.2, 0.25) is 0 Å². The lowest BCUT2D eigenvalue weighted by Gasteiger charge is -2.26. The minimum atomic E-state index is -4.91. The first-order valence-corrected chi connectivity index (χ1v) is 11.1. The van der Waals surface area contributed by atoms with Gasteiger partial charge in [-0.15, -0.1) is 13.2 Å². The molecule has 0 radical (unpaired) electrons. The maximum atomic E-state index is 14.0. The molecule has 2 aromatic heterocycles. The predicted octanol–water partition coefficient (Wildman–Crippen LogP) is 6.75. The number of carbonyl (C=O) groups excluding carboxylic acids is 1. The summed E-state index contributed by atoms with van der Waals surface area (Å²) in [5.74, 6) is -0.752. The Morgan fingerprint density at radius 3 is 2.28 bits per heavy atom. The molecule has 4 rings (SSSR count). The van der Waals surface area contributed by atoms with E-state index in [0.717, 1.165) is 5.56 Å². The second kappa shape index (κ2) is 9.77. The summed E-state index contributed by atoms with van der Waals surface area (Å²) in [7, 11) is 0. The first-order chi connectivity index (χ1) is 17.0. The number of hydrogen-bond acceptors (Lipinski definition) is 5. The van der Waals surface area contributed by atoms with E-state index in [-0.39, 0.29) is 21.6 Å². The number of alkyl halides is 3. The van der Waals surface area contributed by atoms with Crippen molar-refractivity contribution in [3.05, 3.63) is 96.6 Å². The first-order valence-electron chi connectivity index (χ1n) is 11.1. The number of hydrogen-bond donors (Lipinski definition) is 1. The van der Waals surface area contributed by atoms with E-state index >= 15 is 0 Å². The van der Waals surface area contributed by atoms with Gasteiger partial charge in [-0.1, -0.05) is 39.0 Å². The van der Waals surface area contributed by atoms with Crippen LogP contribution in [0.5, 0.6) is 0 Å². The summed E-state index contributed by atoms with van der Waals surface area (Å²) in [6.45, 7) is 5.89. The number of aromatic nitrogens is 3. The second-order valence-electron chi connectivity index (χ2n) is 9.11. The summed E-state index contributed by atoms with van der Waals surface area (Å²) in [4.78, 5) is 25.4. The highest BCUT2D eigenvalue weighted by atomic mass is 19.4. The van der Waals surface area contributed by atoms with E-state index in [4.69, 9.17) is 0 Å². The Bertz CT molecular complexity index is 1350. The summed E-state index contributed by atoms with van der Waals surface area (Å²) in [6, 6.07) is 17.0. The molecule has 0 fully saturated rings. The molecule has 0 unspecified atom stereocenters. The Kier molecular flexibility index (Phi) is 6.74. The molecule has 0 atom stereocenters. The number of amides is 1. The molecule has 0 spiro atoms. The van der Waals surface area contributed by atoms with E-state index in [1.165, 1.54) is 36.7 Å². The van der Waals surface area contributed by atoms with Crippen LogP contribution in [0.4, 0.5) is 30.4 Å². The van der Waals surface area contributed by atoms with Gasteiger partial charge in [0, 0.05) is 29.2 Å². The molecule has 0 aliphatic carbocycles. The first kappa shape index (κ1) is 24.8. The summed E-state index contributed by atoms with van der Waals surface area (Å²) in [5.41, 5.74) is 1.94. The third kappa shape index (κ3) is 5.51. The topological polar surface area (TPSA) is 71.0 Å². The van der Waals surface area contributed by atoms with Gasteiger partial charge in [0.05, 0.1) is 11.4 Å². The van der Waals surface area contributed by atoms with Crippen molar-refractivity contribution in [1.29, 1.82) is 0 Å². The monoisotopic (exact) mass is 491 g/mol. The Morgan fingerprint density at radius 1 is 0.889 bits per heavy atom. The van der Waals surface area contributed by atoms with Crippen LogP contribution in [-0.2, 0) is 5.41 Å². The van der Waals surface area contributed by atoms with Crippen LogP contribution in [0.25, 0.3) is 11.3 Å². The fourth-order valence-electron chi connectivity index (χ4n) is 3.65. The lowest BCUT2D eigenvalue weighted by Crippen LogP contribution is -2.43. The lowest BCUT2D eigenvalue weighted by molar-refractivity contribution is -0.122. The molecule has 36 heavy (non-hydrogen) atoms. The van der Waals surface area contributed by atoms with Gasteiger partial charge in [0.25, 0.3) is 5.91 Å². The quantitative estimate of drug-likeness (QED) is 0.313. The van der Waals surface area contributed by atoms with Crippen molar-refractivity contribution in [3.63, 3.8) is 0 Å². The summed E-state index contributed by atoms with van der Waals surface area (Å²) in [6.07, 6.45) is -0.330. The Morgan fingerprint density at radius 2 is 1.64 bits per heavy atom. The summed E-state index contributed by atoms with van der Waals surface area (Å²) in [5, 5.41) is 3.08. The van der Waals surface area contributed by atoms with Crippen LogP contribution in [0, 0.1) is 0 Å². The van der Waals surface area contributed by atoms with E-state index < -0.39 is 12.2 Å². The third-order valence-corrected chi connectivity index (χ3v) is 5.49. The van der Waals surface area contributed by atoms with Gasteiger partial charge in [0.1, 0.15) is 12.1 Å². The molecule has 6 nitrogen and oxygen atoms in total. The van der Waals surface area contributed by atoms with Crippen molar-refractivity contribution in [2.24, 2.45) is 0 Å². The zero-order valence-corrected chi connectivity index (χ0v) is 19.9. The molecule has 4 aromatic rings. The molecule has 2 aromatic carbocycles. The van der Waals surface area contributed by atoms with Gasteiger partial charge >= 0.3 is 6.30 Å². The average Bonchev–Trinajstić information content (AvgIpc) is 2.84. The number of anilines is 3.